The van der Waals surface area contributed by atoms with E-state index in [2.05, 4.69) is 11.8 Å². The minimum absolute atomic E-state index is 0.0566. The van der Waals surface area contributed by atoms with Crippen LogP contribution in [0, 0.1) is 5.92 Å². The van der Waals surface area contributed by atoms with Gasteiger partial charge >= 0.3 is 5.97 Å². The molecule has 2 aromatic rings. The molecule has 3 aliphatic rings. The number of carbonyl (C=O) groups is 1. The van der Waals surface area contributed by atoms with E-state index in [1.807, 2.05) is 0 Å². The highest BCUT2D eigenvalue weighted by Gasteiger charge is 2.79. The second-order valence-electron chi connectivity index (χ2n) is 9.38. The van der Waals surface area contributed by atoms with Crippen LogP contribution in [0.5, 0.6) is 5.75 Å². The highest BCUT2D eigenvalue weighted by Crippen LogP contribution is 2.66. The van der Waals surface area contributed by atoms with Gasteiger partial charge in [-0.2, -0.15) is 0 Å². The van der Waals surface area contributed by atoms with Crippen LogP contribution in [-0.4, -0.2) is 60.2 Å². The van der Waals surface area contributed by atoms with E-state index in [4.69, 9.17) is 4.74 Å². The molecule has 1 N–H and O–H groups in total. The number of para-hydroxylation sites is 1. The molecule has 4 atom stereocenters. The van der Waals surface area contributed by atoms with Crippen molar-refractivity contribution in [2.24, 2.45) is 5.92 Å². The van der Waals surface area contributed by atoms with Crippen LogP contribution in [0.4, 0.5) is 4.48 Å². The molecule has 0 aromatic heterocycles. The Labute approximate surface area is 199 Å². The SMILES string of the molecule is CC[C@@H]1CCCN1CCc1ccccc1S(=O)(=O)N(F)C1(C(=O)O)[C@@H]2COc3ccccc3[C@H]21. The van der Waals surface area contributed by atoms with Gasteiger partial charge in [0.05, 0.1) is 11.5 Å². The lowest BCUT2D eigenvalue weighted by Gasteiger charge is -2.25. The Balaban J connectivity index is 1.46. The molecule has 34 heavy (non-hydrogen) atoms. The second-order valence-corrected chi connectivity index (χ2v) is 11.1. The van der Waals surface area contributed by atoms with Crippen LogP contribution in [0.25, 0.3) is 0 Å². The molecule has 5 rings (SSSR count). The summed E-state index contributed by atoms with van der Waals surface area (Å²) in [5.41, 5.74) is -1.21. The molecule has 1 aliphatic carbocycles. The first kappa shape index (κ1) is 23.3. The summed E-state index contributed by atoms with van der Waals surface area (Å²) in [6.45, 7) is 3.73. The number of likely N-dealkylation sites (tertiary alicyclic amines) is 1. The summed E-state index contributed by atoms with van der Waals surface area (Å²) in [7, 11) is -4.72. The van der Waals surface area contributed by atoms with E-state index in [-0.39, 0.29) is 11.5 Å². The molecule has 182 valence electrons. The van der Waals surface area contributed by atoms with Crippen molar-refractivity contribution < 1.29 is 27.5 Å². The third-order valence-electron chi connectivity index (χ3n) is 7.74. The van der Waals surface area contributed by atoms with Crippen molar-refractivity contribution in [3.05, 3.63) is 59.7 Å². The Morgan fingerprint density at radius 1 is 1.24 bits per heavy atom. The zero-order valence-electron chi connectivity index (χ0n) is 19.1. The van der Waals surface area contributed by atoms with Gasteiger partial charge in [0.2, 0.25) is 0 Å². The average molecular weight is 489 g/mol. The van der Waals surface area contributed by atoms with Gasteiger partial charge in [0.1, 0.15) is 5.75 Å². The van der Waals surface area contributed by atoms with Crippen LogP contribution in [0.3, 0.4) is 0 Å². The number of sulfonamides is 1. The molecular weight excluding hydrogens is 459 g/mol. The molecule has 0 bridgehead atoms. The van der Waals surface area contributed by atoms with E-state index >= 15 is 4.48 Å². The molecule has 2 aromatic carbocycles. The number of aliphatic carboxylic acids is 1. The first-order valence-electron chi connectivity index (χ1n) is 11.8. The number of fused-ring (bicyclic) bond motifs is 3. The normalized spacial score (nSPS) is 28.3. The number of halogens is 1. The maximum atomic E-state index is 16.0. The molecule has 1 saturated carbocycles. The minimum Gasteiger partial charge on any atom is -0.493 e. The Hall–Kier alpha value is -2.49. The molecule has 7 nitrogen and oxygen atoms in total. The topological polar surface area (TPSA) is 87.2 Å². The maximum Gasteiger partial charge on any atom is 0.329 e. The van der Waals surface area contributed by atoms with Crippen molar-refractivity contribution in [1.82, 2.24) is 9.43 Å². The standard InChI is InChI=1S/C25H29FN2O5S/c1-2-18-9-7-14-27(18)15-13-17-8-3-6-12-22(17)34(31,32)28(26)25(24(29)30)20-16-33-21-11-5-4-10-19(21)23(20)25/h3-6,8,10-12,18,20,23H,2,7,9,13-16H2,1H3,(H,29,30)/t18-,20-,23-,25?/m1/s1. The lowest BCUT2D eigenvalue weighted by Crippen LogP contribution is -2.45. The molecule has 1 unspecified atom stereocenters. The first-order valence-corrected chi connectivity index (χ1v) is 13.3. The van der Waals surface area contributed by atoms with Crippen LogP contribution in [0.15, 0.2) is 53.4 Å². The predicted octanol–water partition coefficient (Wildman–Crippen LogP) is 3.61. The highest BCUT2D eigenvalue weighted by molar-refractivity contribution is 7.89. The molecule has 2 fully saturated rings. The largest absolute Gasteiger partial charge is 0.493 e. The molecular formula is C25H29FN2O5S. The predicted molar refractivity (Wildman–Crippen MR) is 124 cm³/mol. The lowest BCUT2D eigenvalue weighted by atomic mass is 10.0. The summed E-state index contributed by atoms with van der Waals surface area (Å²) in [5.74, 6) is -2.65. The number of benzene rings is 2. The van der Waals surface area contributed by atoms with Crippen LogP contribution in [-0.2, 0) is 21.2 Å². The number of carboxylic acid groups (broad SMARTS) is 1. The number of carboxylic acids is 1. The highest BCUT2D eigenvalue weighted by atomic mass is 32.2. The van der Waals surface area contributed by atoms with Gasteiger partial charge in [-0.25, -0.2) is 8.42 Å². The zero-order chi connectivity index (χ0) is 24.1. The summed E-state index contributed by atoms with van der Waals surface area (Å²) < 4.78 is 48.3. The molecule has 0 amide bonds. The fraction of sp³-hybridized carbons (Fsp3) is 0.480. The average Bonchev–Trinajstić information content (AvgIpc) is 3.34. The van der Waals surface area contributed by atoms with E-state index < -0.39 is 37.9 Å². The van der Waals surface area contributed by atoms with Gasteiger partial charge < -0.3 is 14.7 Å². The quantitative estimate of drug-likeness (QED) is 0.572. The van der Waals surface area contributed by atoms with E-state index in [1.165, 1.54) is 6.07 Å². The third kappa shape index (κ3) is 3.44. The minimum atomic E-state index is -4.72. The zero-order valence-corrected chi connectivity index (χ0v) is 19.9. The fourth-order valence-electron chi connectivity index (χ4n) is 5.94. The molecule has 9 heteroatoms. The summed E-state index contributed by atoms with van der Waals surface area (Å²) in [6.07, 6.45) is 3.72. The molecule has 0 spiro atoms. The van der Waals surface area contributed by atoms with E-state index in [0.29, 0.717) is 35.9 Å². The molecule has 2 aliphatic heterocycles. The number of ether oxygens (including phenoxy) is 1. The Bertz CT molecular complexity index is 1210. The summed E-state index contributed by atoms with van der Waals surface area (Å²) in [6, 6.07) is 13.6. The van der Waals surface area contributed by atoms with Gasteiger partial charge in [0, 0.05) is 30.0 Å². The van der Waals surface area contributed by atoms with E-state index in [0.717, 1.165) is 25.8 Å². The number of rotatable bonds is 8. The van der Waals surface area contributed by atoms with Crippen molar-refractivity contribution in [3.8, 4) is 5.75 Å². The van der Waals surface area contributed by atoms with Gasteiger partial charge in [0.25, 0.3) is 10.0 Å². The van der Waals surface area contributed by atoms with Crippen LogP contribution in [0.1, 0.15) is 43.2 Å². The van der Waals surface area contributed by atoms with Crippen molar-refractivity contribution in [2.45, 2.75) is 55.0 Å². The number of hydrogen-bond donors (Lipinski definition) is 1. The van der Waals surface area contributed by atoms with E-state index in [1.54, 1.807) is 42.5 Å². The van der Waals surface area contributed by atoms with Crippen molar-refractivity contribution in [2.75, 3.05) is 19.7 Å². The van der Waals surface area contributed by atoms with Gasteiger partial charge in [-0.3, -0.25) is 4.79 Å². The van der Waals surface area contributed by atoms with Crippen molar-refractivity contribution >= 4 is 16.0 Å². The third-order valence-corrected chi connectivity index (χ3v) is 9.42. The monoisotopic (exact) mass is 488 g/mol. The van der Waals surface area contributed by atoms with Crippen LogP contribution < -0.4 is 4.74 Å². The summed E-state index contributed by atoms with van der Waals surface area (Å²) in [4.78, 5) is 14.6. The first-order chi connectivity index (χ1) is 16.3. The van der Waals surface area contributed by atoms with Gasteiger partial charge in [-0.05, 0) is 54.5 Å². The lowest BCUT2D eigenvalue weighted by molar-refractivity contribution is -0.149. The molecule has 2 heterocycles. The number of nitrogens with zero attached hydrogens (tertiary/aromatic N) is 2. The van der Waals surface area contributed by atoms with Crippen LogP contribution in [0.2, 0.25) is 0 Å². The molecule has 0 radical (unpaired) electrons. The van der Waals surface area contributed by atoms with Gasteiger partial charge in [0.15, 0.2) is 5.54 Å². The summed E-state index contributed by atoms with van der Waals surface area (Å²) >= 11 is 0. The van der Waals surface area contributed by atoms with Crippen molar-refractivity contribution in [3.63, 3.8) is 0 Å². The van der Waals surface area contributed by atoms with Gasteiger partial charge in [-0.1, -0.05) is 43.3 Å². The summed E-state index contributed by atoms with van der Waals surface area (Å²) in [5, 5.41) is 10.1. The Kier molecular flexibility index (Phi) is 5.90. The van der Waals surface area contributed by atoms with E-state index in [9.17, 15) is 18.3 Å². The van der Waals surface area contributed by atoms with Crippen LogP contribution >= 0.6 is 0 Å². The number of hydrogen-bond acceptors (Lipinski definition) is 5. The second kappa shape index (κ2) is 8.62. The molecule has 1 saturated heterocycles. The Morgan fingerprint density at radius 2 is 1.97 bits per heavy atom. The smallest absolute Gasteiger partial charge is 0.329 e. The fourth-order valence-corrected chi connectivity index (χ4v) is 7.59. The maximum absolute atomic E-state index is 16.0. The Morgan fingerprint density at radius 3 is 2.74 bits per heavy atom. The van der Waals surface area contributed by atoms with Gasteiger partial charge in [-0.15, -0.1) is 4.48 Å². The van der Waals surface area contributed by atoms with Crippen molar-refractivity contribution in [1.29, 1.82) is 0 Å².